The predicted molar refractivity (Wildman–Crippen MR) is 113 cm³/mol. The maximum atomic E-state index is 12.7. The van der Waals surface area contributed by atoms with Gasteiger partial charge in [-0.3, -0.25) is 4.79 Å². The first-order valence-electron chi connectivity index (χ1n) is 10.1. The van der Waals surface area contributed by atoms with E-state index in [1.807, 2.05) is 43.0 Å². The van der Waals surface area contributed by atoms with Crippen molar-refractivity contribution >= 4 is 28.3 Å². The SMILES string of the molecule is CCN(CC)C(=O)c1cccc(Nc2ncnc3ccc(C4CCC4)cc23)c1. The average molecular weight is 374 g/mol. The van der Waals surface area contributed by atoms with Gasteiger partial charge in [0.25, 0.3) is 5.91 Å². The summed E-state index contributed by atoms with van der Waals surface area (Å²) in [7, 11) is 0. The van der Waals surface area contributed by atoms with E-state index < -0.39 is 0 Å². The van der Waals surface area contributed by atoms with Crippen LogP contribution < -0.4 is 5.32 Å². The molecule has 1 fully saturated rings. The molecule has 0 atom stereocenters. The lowest BCUT2D eigenvalue weighted by molar-refractivity contribution is 0.0773. The third-order valence-electron chi connectivity index (χ3n) is 5.66. The minimum atomic E-state index is 0.0495. The van der Waals surface area contributed by atoms with Crippen LogP contribution in [0.5, 0.6) is 0 Å². The van der Waals surface area contributed by atoms with E-state index in [1.165, 1.54) is 24.8 Å². The van der Waals surface area contributed by atoms with Gasteiger partial charge in [-0.25, -0.2) is 9.97 Å². The summed E-state index contributed by atoms with van der Waals surface area (Å²) in [6.07, 6.45) is 5.42. The number of carbonyl (C=O) groups excluding carboxylic acids is 1. The number of rotatable bonds is 6. The van der Waals surface area contributed by atoms with Gasteiger partial charge in [0.05, 0.1) is 5.52 Å². The topological polar surface area (TPSA) is 58.1 Å². The van der Waals surface area contributed by atoms with Crippen LogP contribution in [0.2, 0.25) is 0 Å². The Hall–Kier alpha value is -2.95. The van der Waals surface area contributed by atoms with Gasteiger partial charge in [-0.1, -0.05) is 18.6 Å². The third-order valence-corrected chi connectivity index (χ3v) is 5.66. The summed E-state index contributed by atoms with van der Waals surface area (Å²) >= 11 is 0. The molecule has 4 rings (SSSR count). The van der Waals surface area contributed by atoms with Crippen molar-refractivity contribution in [2.45, 2.75) is 39.0 Å². The van der Waals surface area contributed by atoms with Gasteiger partial charge in [0.15, 0.2) is 0 Å². The normalized spacial score (nSPS) is 13.9. The zero-order chi connectivity index (χ0) is 19.5. The summed E-state index contributed by atoms with van der Waals surface area (Å²) < 4.78 is 0. The summed E-state index contributed by atoms with van der Waals surface area (Å²) in [6.45, 7) is 5.40. The lowest BCUT2D eigenvalue weighted by atomic mass is 9.80. The summed E-state index contributed by atoms with van der Waals surface area (Å²) in [5.41, 5.74) is 3.83. The zero-order valence-corrected chi connectivity index (χ0v) is 16.5. The van der Waals surface area contributed by atoms with Crippen LogP contribution >= 0.6 is 0 Å². The fourth-order valence-corrected chi connectivity index (χ4v) is 3.73. The van der Waals surface area contributed by atoms with E-state index in [4.69, 9.17) is 0 Å². The Balaban J connectivity index is 1.64. The van der Waals surface area contributed by atoms with Crippen molar-refractivity contribution in [1.82, 2.24) is 14.9 Å². The Labute approximate surface area is 165 Å². The Bertz CT molecular complexity index is 993. The highest BCUT2D eigenvalue weighted by Crippen LogP contribution is 2.38. The maximum Gasteiger partial charge on any atom is 0.253 e. The average Bonchev–Trinajstić information content (AvgIpc) is 2.68. The highest BCUT2D eigenvalue weighted by Gasteiger charge is 2.20. The number of aromatic nitrogens is 2. The second-order valence-corrected chi connectivity index (χ2v) is 7.31. The molecule has 0 bridgehead atoms. The van der Waals surface area contributed by atoms with Gasteiger partial charge in [-0.15, -0.1) is 0 Å². The molecule has 2 aromatic carbocycles. The fourth-order valence-electron chi connectivity index (χ4n) is 3.73. The first kappa shape index (κ1) is 18.4. The van der Waals surface area contributed by atoms with Crippen molar-refractivity contribution in [2.75, 3.05) is 18.4 Å². The van der Waals surface area contributed by atoms with Crippen LogP contribution in [0.4, 0.5) is 11.5 Å². The molecule has 1 heterocycles. The Morgan fingerprint density at radius 3 is 2.64 bits per heavy atom. The first-order valence-corrected chi connectivity index (χ1v) is 10.1. The van der Waals surface area contributed by atoms with Crippen LogP contribution in [0.25, 0.3) is 10.9 Å². The second-order valence-electron chi connectivity index (χ2n) is 7.31. The standard InChI is InChI=1S/C23H26N4O/c1-3-27(4-2)23(28)18-9-6-10-19(13-18)26-22-20-14-17(16-7-5-8-16)11-12-21(20)24-15-25-22/h6,9-16H,3-5,7-8H2,1-2H3,(H,24,25,26). The van der Waals surface area contributed by atoms with Crippen LogP contribution in [-0.4, -0.2) is 33.9 Å². The summed E-state index contributed by atoms with van der Waals surface area (Å²) in [5.74, 6) is 1.49. The highest BCUT2D eigenvalue weighted by molar-refractivity contribution is 5.96. The molecular formula is C23H26N4O. The van der Waals surface area contributed by atoms with Crippen molar-refractivity contribution in [1.29, 1.82) is 0 Å². The van der Waals surface area contributed by atoms with Crippen molar-refractivity contribution in [2.24, 2.45) is 0 Å². The molecule has 0 spiro atoms. The van der Waals surface area contributed by atoms with E-state index in [0.717, 1.165) is 22.4 Å². The van der Waals surface area contributed by atoms with Gasteiger partial charge in [-0.2, -0.15) is 0 Å². The molecule has 0 unspecified atom stereocenters. The van der Waals surface area contributed by atoms with Crippen LogP contribution in [0.3, 0.4) is 0 Å². The highest BCUT2D eigenvalue weighted by atomic mass is 16.2. The Morgan fingerprint density at radius 1 is 1.11 bits per heavy atom. The van der Waals surface area contributed by atoms with E-state index in [0.29, 0.717) is 24.6 Å². The van der Waals surface area contributed by atoms with Crippen LogP contribution in [0, 0.1) is 0 Å². The van der Waals surface area contributed by atoms with Crippen molar-refractivity contribution in [3.05, 3.63) is 59.9 Å². The van der Waals surface area contributed by atoms with Crippen LogP contribution in [-0.2, 0) is 0 Å². The molecule has 144 valence electrons. The van der Waals surface area contributed by atoms with Gasteiger partial charge in [0.2, 0.25) is 0 Å². The lowest BCUT2D eigenvalue weighted by Gasteiger charge is -2.26. The summed E-state index contributed by atoms with van der Waals surface area (Å²) in [5, 5.41) is 4.42. The minimum Gasteiger partial charge on any atom is -0.340 e. The molecule has 0 saturated heterocycles. The molecule has 0 aliphatic heterocycles. The molecule has 5 nitrogen and oxygen atoms in total. The quantitative estimate of drug-likeness (QED) is 0.650. The molecular weight excluding hydrogens is 348 g/mol. The van der Waals surface area contributed by atoms with Gasteiger partial charge in [-0.05, 0) is 68.5 Å². The van der Waals surface area contributed by atoms with Gasteiger partial charge >= 0.3 is 0 Å². The molecule has 28 heavy (non-hydrogen) atoms. The molecule has 5 heteroatoms. The summed E-state index contributed by atoms with van der Waals surface area (Å²) in [4.78, 5) is 23.4. The number of nitrogens with zero attached hydrogens (tertiary/aromatic N) is 3. The number of hydrogen-bond donors (Lipinski definition) is 1. The van der Waals surface area contributed by atoms with Crippen molar-refractivity contribution < 1.29 is 4.79 Å². The van der Waals surface area contributed by atoms with Crippen LogP contribution in [0.1, 0.15) is 54.9 Å². The molecule has 1 N–H and O–H groups in total. The molecule has 1 saturated carbocycles. The molecule has 3 aromatic rings. The number of anilines is 2. The van der Waals surface area contributed by atoms with Gasteiger partial charge in [0, 0.05) is 29.7 Å². The maximum absolute atomic E-state index is 12.7. The Kier molecular flexibility index (Phi) is 5.24. The largest absolute Gasteiger partial charge is 0.340 e. The molecule has 1 amide bonds. The van der Waals surface area contributed by atoms with Crippen molar-refractivity contribution in [3.63, 3.8) is 0 Å². The zero-order valence-electron chi connectivity index (χ0n) is 16.5. The molecule has 1 aliphatic carbocycles. The monoisotopic (exact) mass is 374 g/mol. The van der Waals surface area contributed by atoms with Crippen LogP contribution in [0.15, 0.2) is 48.8 Å². The van der Waals surface area contributed by atoms with E-state index in [2.05, 4.69) is 33.5 Å². The lowest BCUT2D eigenvalue weighted by Crippen LogP contribution is -2.30. The third kappa shape index (κ3) is 3.57. The summed E-state index contributed by atoms with van der Waals surface area (Å²) in [6, 6.07) is 14.1. The number of amides is 1. The number of nitrogens with one attached hydrogen (secondary N) is 1. The minimum absolute atomic E-state index is 0.0495. The number of benzene rings is 2. The van der Waals surface area contributed by atoms with Crippen molar-refractivity contribution in [3.8, 4) is 0 Å². The van der Waals surface area contributed by atoms with Gasteiger partial charge < -0.3 is 10.2 Å². The number of fused-ring (bicyclic) bond motifs is 1. The van der Waals surface area contributed by atoms with E-state index in [-0.39, 0.29) is 5.91 Å². The number of hydrogen-bond acceptors (Lipinski definition) is 4. The Morgan fingerprint density at radius 2 is 1.93 bits per heavy atom. The molecule has 1 aliphatic rings. The number of carbonyl (C=O) groups is 1. The van der Waals surface area contributed by atoms with E-state index in [1.54, 1.807) is 6.33 Å². The smallest absolute Gasteiger partial charge is 0.253 e. The van der Waals surface area contributed by atoms with E-state index >= 15 is 0 Å². The predicted octanol–water partition coefficient (Wildman–Crippen LogP) is 5.12. The first-order chi connectivity index (χ1) is 13.7. The van der Waals surface area contributed by atoms with Gasteiger partial charge in [0.1, 0.15) is 12.1 Å². The molecule has 1 aromatic heterocycles. The second kappa shape index (κ2) is 7.97. The molecule has 0 radical (unpaired) electrons. The fraction of sp³-hybridized carbons (Fsp3) is 0.348. The van der Waals surface area contributed by atoms with E-state index in [9.17, 15) is 4.79 Å².